The molecule has 4 saturated heterocycles. The van der Waals surface area contributed by atoms with Gasteiger partial charge in [0.15, 0.2) is 24.7 Å². The third-order valence-electron chi connectivity index (χ3n) is 18.0. The third kappa shape index (κ3) is 8.49. The molecule has 4 heterocycles. The highest BCUT2D eigenvalue weighted by atomic mass is 16.8. The van der Waals surface area contributed by atoms with Gasteiger partial charge in [-0.1, -0.05) is 27.7 Å². The van der Waals surface area contributed by atoms with Crippen LogP contribution in [0.15, 0.2) is 0 Å². The second-order valence-corrected chi connectivity index (χ2v) is 21.4. The average Bonchev–Trinajstić information content (AvgIpc) is 3.70. The first-order chi connectivity index (χ1) is 29.8. The zero-order valence-electron chi connectivity index (χ0n) is 37.3. The number of hydrogen-bond acceptors (Lipinski definition) is 18. The molecule has 4 saturated carbocycles. The van der Waals surface area contributed by atoms with E-state index in [1.165, 1.54) is 6.92 Å². The summed E-state index contributed by atoms with van der Waals surface area (Å²) in [5, 5.41) is 118. The Morgan fingerprint density at radius 3 is 1.83 bits per heavy atom. The zero-order valence-corrected chi connectivity index (χ0v) is 37.3. The highest BCUT2D eigenvalue weighted by Crippen LogP contribution is 2.71. The Kier molecular flexibility index (Phi) is 14.4. The van der Waals surface area contributed by atoms with Gasteiger partial charge in [-0.3, -0.25) is 0 Å². The first kappa shape index (κ1) is 48.7. The lowest BCUT2D eigenvalue weighted by atomic mass is 9.44. The van der Waals surface area contributed by atoms with Crippen LogP contribution in [-0.2, 0) is 33.2 Å². The van der Waals surface area contributed by atoms with Gasteiger partial charge in [0.25, 0.3) is 0 Å². The van der Waals surface area contributed by atoms with E-state index >= 15 is 0 Å². The highest BCUT2D eigenvalue weighted by Gasteiger charge is 2.68. The number of rotatable bonds is 12. The molecule has 18 heteroatoms. The SMILES string of the molecule is CC(CO)CCC1(O)OC2CC3C4CCC5CC(OC6OC(CO)C(O)C(OC7OC(CO)C(O)C(OC8OC(C)C(O)C(O)C8O)C7O)C6O)CCC5(C)C4CCC3(C)C2C1C. The fraction of sp³-hybridized carbons (Fsp3) is 1.00. The maximum Gasteiger partial charge on any atom is 0.187 e. The van der Waals surface area contributed by atoms with E-state index in [1.807, 2.05) is 6.92 Å². The predicted octanol–water partition coefficient (Wildman–Crippen LogP) is -0.752. The van der Waals surface area contributed by atoms with Gasteiger partial charge < -0.3 is 89.3 Å². The monoisotopic (exact) mass is 905 g/mol. The van der Waals surface area contributed by atoms with Gasteiger partial charge in [0, 0.05) is 18.9 Å². The molecule has 27 atom stereocenters. The van der Waals surface area contributed by atoms with E-state index in [1.54, 1.807) is 0 Å². The quantitative estimate of drug-likeness (QED) is 0.107. The van der Waals surface area contributed by atoms with E-state index in [-0.39, 0.29) is 47.4 Å². The highest BCUT2D eigenvalue weighted by molar-refractivity contribution is 5.15. The third-order valence-corrected chi connectivity index (χ3v) is 18.0. The minimum Gasteiger partial charge on any atom is -0.396 e. The maximum atomic E-state index is 11.7. The molecule has 0 aromatic rings. The van der Waals surface area contributed by atoms with Gasteiger partial charge in [-0.25, -0.2) is 0 Å². The second kappa shape index (κ2) is 18.6. The van der Waals surface area contributed by atoms with Crippen molar-refractivity contribution in [3.05, 3.63) is 0 Å². The van der Waals surface area contributed by atoms with Crippen molar-refractivity contribution in [2.75, 3.05) is 19.8 Å². The van der Waals surface area contributed by atoms with E-state index in [4.69, 9.17) is 33.2 Å². The van der Waals surface area contributed by atoms with Crippen molar-refractivity contribution in [1.82, 2.24) is 0 Å². The molecule has 4 aliphatic heterocycles. The summed E-state index contributed by atoms with van der Waals surface area (Å²) in [5.74, 6) is 1.19. The van der Waals surface area contributed by atoms with Crippen LogP contribution in [0.1, 0.15) is 98.8 Å². The van der Waals surface area contributed by atoms with E-state index in [2.05, 4.69) is 20.8 Å². The van der Waals surface area contributed by atoms with Crippen molar-refractivity contribution >= 4 is 0 Å². The van der Waals surface area contributed by atoms with Crippen LogP contribution in [0.2, 0.25) is 0 Å². The van der Waals surface area contributed by atoms with Gasteiger partial charge >= 0.3 is 0 Å². The minimum atomic E-state index is -1.86. The van der Waals surface area contributed by atoms with Crippen LogP contribution in [0.4, 0.5) is 0 Å². The Labute approximate surface area is 369 Å². The normalized spacial score (nSPS) is 56.3. The van der Waals surface area contributed by atoms with Crippen molar-refractivity contribution in [3.8, 4) is 0 Å². The summed E-state index contributed by atoms with van der Waals surface area (Å²) in [6, 6.07) is 0. The molecule has 18 nitrogen and oxygen atoms in total. The molecule has 0 bridgehead atoms. The van der Waals surface area contributed by atoms with Crippen molar-refractivity contribution in [3.63, 3.8) is 0 Å². The van der Waals surface area contributed by atoms with Crippen LogP contribution in [0.25, 0.3) is 0 Å². The summed E-state index contributed by atoms with van der Waals surface area (Å²) in [5.41, 5.74) is 0.152. The standard InChI is InChI=1S/C45H76O18/c1-19(16-46)8-13-45(56)20(2)30-27(63-45)15-26-24-7-6-22-14-23(9-11-43(22,4)25(24)10-12-44(26,30)5)58-41-36(54)38(32(50)28(17-47)59-41)62-42-37(55)39(33(51)29(18-48)60-42)61-40-35(53)34(52)31(49)21(3)57-40/h19-42,46-56H,6-18H2,1-5H3. The summed E-state index contributed by atoms with van der Waals surface area (Å²) >= 11 is 0. The molecular formula is C45H76O18. The van der Waals surface area contributed by atoms with Crippen LogP contribution in [0.3, 0.4) is 0 Å². The Bertz CT molecular complexity index is 1550. The topological polar surface area (TPSA) is 287 Å². The van der Waals surface area contributed by atoms with Gasteiger partial charge in [0.1, 0.15) is 67.1 Å². The average molecular weight is 905 g/mol. The molecule has 0 spiro atoms. The number of fused-ring (bicyclic) bond motifs is 7. The summed E-state index contributed by atoms with van der Waals surface area (Å²) in [7, 11) is 0. The van der Waals surface area contributed by atoms with E-state index in [0.717, 1.165) is 44.9 Å². The van der Waals surface area contributed by atoms with Gasteiger partial charge in [-0.2, -0.15) is 0 Å². The largest absolute Gasteiger partial charge is 0.396 e. The fourth-order valence-electron chi connectivity index (χ4n) is 14.1. The maximum absolute atomic E-state index is 11.7. The Morgan fingerprint density at radius 1 is 0.635 bits per heavy atom. The summed E-state index contributed by atoms with van der Waals surface area (Å²) in [4.78, 5) is 0. The minimum absolute atomic E-state index is 0.0117. The van der Waals surface area contributed by atoms with E-state index in [9.17, 15) is 56.2 Å². The van der Waals surface area contributed by atoms with Gasteiger partial charge in [-0.15, -0.1) is 0 Å². The molecule has 0 amide bonds. The van der Waals surface area contributed by atoms with E-state index < -0.39 is 111 Å². The zero-order chi connectivity index (χ0) is 45.5. The van der Waals surface area contributed by atoms with Crippen molar-refractivity contribution < 1.29 is 89.3 Å². The fourth-order valence-corrected chi connectivity index (χ4v) is 14.1. The number of aliphatic hydroxyl groups excluding tert-OH is 10. The number of ether oxygens (including phenoxy) is 7. The Balaban J connectivity index is 0.906. The van der Waals surface area contributed by atoms with E-state index in [0.29, 0.717) is 42.9 Å². The molecule has 63 heavy (non-hydrogen) atoms. The Hall–Kier alpha value is -0.720. The number of hydrogen-bond donors (Lipinski definition) is 11. The predicted molar refractivity (Wildman–Crippen MR) is 218 cm³/mol. The first-order valence-electron chi connectivity index (χ1n) is 23.7. The van der Waals surface area contributed by atoms with Crippen molar-refractivity contribution in [2.24, 2.45) is 52.3 Å². The molecule has 8 fully saturated rings. The molecule has 11 N–H and O–H groups in total. The molecule has 4 aliphatic carbocycles. The molecule has 0 radical (unpaired) electrons. The molecule has 364 valence electrons. The summed E-state index contributed by atoms with van der Waals surface area (Å²) < 4.78 is 42.0. The smallest absolute Gasteiger partial charge is 0.187 e. The lowest BCUT2D eigenvalue weighted by Crippen LogP contribution is -2.66. The number of aliphatic hydroxyl groups is 11. The van der Waals surface area contributed by atoms with Gasteiger partial charge in [-0.05, 0) is 111 Å². The molecular weight excluding hydrogens is 828 g/mol. The Morgan fingerprint density at radius 2 is 1.22 bits per heavy atom. The lowest BCUT2D eigenvalue weighted by Gasteiger charge is -2.61. The molecule has 0 aromatic carbocycles. The van der Waals surface area contributed by atoms with Crippen LogP contribution in [0.5, 0.6) is 0 Å². The van der Waals surface area contributed by atoms with Gasteiger partial charge in [0.2, 0.25) is 0 Å². The molecule has 0 aromatic heterocycles. The first-order valence-corrected chi connectivity index (χ1v) is 23.7. The molecule has 8 rings (SSSR count). The van der Waals surface area contributed by atoms with Crippen LogP contribution < -0.4 is 0 Å². The van der Waals surface area contributed by atoms with Crippen LogP contribution in [0, 0.1) is 52.3 Å². The molecule has 8 aliphatic rings. The summed E-state index contributed by atoms with van der Waals surface area (Å²) in [6.45, 7) is 9.15. The van der Waals surface area contributed by atoms with Crippen molar-refractivity contribution in [2.45, 2.75) is 209 Å². The van der Waals surface area contributed by atoms with Gasteiger partial charge in [0.05, 0.1) is 31.5 Å². The van der Waals surface area contributed by atoms with Crippen molar-refractivity contribution in [1.29, 1.82) is 0 Å². The second-order valence-electron chi connectivity index (χ2n) is 21.4. The van der Waals surface area contributed by atoms with Crippen LogP contribution >= 0.6 is 0 Å². The molecule has 27 unspecified atom stereocenters. The lowest BCUT2D eigenvalue weighted by molar-refractivity contribution is -0.382. The van der Waals surface area contributed by atoms with Crippen LogP contribution in [-0.4, -0.2) is 186 Å². The summed E-state index contributed by atoms with van der Waals surface area (Å²) in [6.07, 6.45) is -14.7.